The molecule has 0 saturated carbocycles. The molecule has 4 rings (SSSR count). The molecule has 0 radical (unpaired) electrons. The lowest BCUT2D eigenvalue weighted by Gasteiger charge is -2.11. The van der Waals surface area contributed by atoms with Gasteiger partial charge in [0.15, 0.2) is 41.1 Å². The van der Waals surface area contributed by atoms with E-state index in [1.54, 1.807) is 0 Å². The molecule has 0 fully saturated rings. The number of hydrogen-bond acceptors (Lipinski definition) is 11. The first-order valence-corrected chi connectivity index (χ1v) is 20.0. The van der Waals surface area contributed by atoms with Gasteiger partial charge in [0.1, 0.15) is 11.5 Å². The van der Waals surface area contributed by atoms with Gasteiger partial charge in [0.25, 0.3) is 0 Å². The summed E-state index contributed by atoms with van der Waals surface area (Å²) in [6, 6.07) is 13.1. The molecule has 0 aromatic heterocycles. The molecule has 4 aromatic carbocycles. The van der Waals surface area contributed by atoms with Gasteiger partial charge in [-0.15, -0.1) is 0 Å². The highest BCUT2D eigenvalue weighted by atomic mass is 32.2. The lowest BCUT2D eigenvalue weighted by Crippen LogP contribution is -2.28. The number of carbonyl (C=O) groups is 1. The number of aliphatic hydroxyl groups is 2. The molecule has 0 bridgehead atoms. The van der Waals surface area contributed by atoms with Crippen molar-refractivity contribution in [2.75, 3.05) is 39.5 Å². The second kappa shape index (κ2) is 20.5. The maximum absolute atomic E-state index is 14.5. The first kappa shape index (κ1) is 45.5. The molecule has 0 spiro atoms. The van der Waals surface area contributed by atoms with Gasteiger partial charge in [-0.1, -0.05) is 6.08 Å². The fraction of sp³-hybridized carbons (Fsp3) is 0.237. The predicted octanol–water partition coefficient (Wildman–Crippen LogP) is 5.32. The highest BCUT2D eigenvalue weighted by Gasteiger charge is 2.19. The van der Waals surface area contributed by atoms with Crippen LogP contribution < -0.4 is 18.9 Å². The highest BCUT2D eigenvalue weighted by Crippen LogP contribution is 2.31. The average molecular weight is 855 g/mol. The summed E-state index contributed by atoms with van der Waals surface area (Å²) in [6.07, 6.45) is 0.472. The fourth-order valence-corrected chi connectivity index (χ4v) is 6.79. The normalized spacial score (nSPS) is 12.6. The number of ether oxygens (including phenoxy) is 4. The molecular formula is C38H38F4N2O12S2. The zero-order chi connectivity index (χ0) is 42.6. The van der Waals surface area contributed by atoms with E-state index in [9.17, 15) is 39.2 Å². The van der Waals surface area contributed by atoms with Crippen LogP contribution in [0, 0.1) is 23.3 Å². The number of sulfonamides is 2. The van der Waals surface area contributed by atoms with Crippen LogP contribution in [-0.4, -0.2) is 83.9 Å². The van der Waals surface area contributed by atoms with E-state index in [2.05, 4.69) is 9.44 Å². The van der Waals surface area contributed by atoms with Crippen LogP contribution in [-0.2, 0) is 34.3 Å². The zero-order valence-electron chi connectivity index (χ0n) is 30.7. The summed E-state index contributed by atoms with van der Waals surface area (Å²) in [6.45, 7) is 2.43. The van der Waals surface area contributed by atoms with Crippen LogP contribution in [0.3, 0.4) is 0 Å². The van der Waals surface area contributed by atoms with Crippen LogP contribution in [0.1, 0.15) is 25.0 Å². The number of hydrogen-bond donors (Lipinski definition) is 5. The molecule has 5 N–H and O–H groups in total. The Kier molecular flexibility index (Phi) is 16.1. The minimum absolute atomic E-state index is 0.0298. The third kappa shape index (κ3) is 13.2. The van der Waals surface area contributed by atoms with Gasteiger partial charge in [-0.05, 0) is 109 Å². The van der Waals surface area contributed by atoms with Crippen molar-refractivity contribution in [3.05, 3.63) is 118 Å². The van der Waals surface area contributed by atoms with Crippen molar-refractivity contribution in [1.29, 1.82) is 0 Å². The Bertz CT molecular complexity index is 2310. The smallest absolute Gasteiger partial charge is 0.331 e. The van der Waals surface area contributed by atoms with E-state index >= 15 is 0 Å². The zero-order valence-corrected chi connectivity index (χ0v) is 32.4. The number of halogens is 4. The third-order valence-electron chi connectivity index (χ3n) is 7.72. The highest BCUT2D eigenvalue weighted by molar-refractivity contribution is 7.89. The Morgan fingerprint density at radius 2 is 1.00 bits per heavy atom. The maximum Gasteiger partial charge on any atom is 0.331 e. The van der Waals surface area contributed by atoms with Gasteiger partial charge in [0.05, 0.1) is 36.2 Å². The minimum Gasteiger partial charge on any atom is -0.478 e. The van der Waals surface area contributed by atoms with Gasteiger partial charge < -0.3 is 34.3 Å². The second-order valence-electron chi connectivity index (χ2n) is 12.2. The Balaban J connectivity index is 1.13. The van der Waals surface area contributed by atoms with Crippen molar-refractivity contribution < 1.29 is 73.5 Å². The van der Waals surface area contributed by atoms with Crippen molar-refractivity contribution in [3.8, 4) is 23.0 Å². The Morgan fingerprint density at radius 1 is 0.638 bits per heavy atom. The van der Waals surface area contributed by atoms with Gasteiger partial charge >= 0.3 is 5.97 Å². The molecule has 58 heavy (non-hydrogen) atoms. The summed E-state index contributed by atoms with van der Waals surface area (Å²) in [4.78, 5) is 10.6. The van der Waals surface area contributed by atoms with Gasteiger partial charge in [-0.25, -0.2) is 48.6 Å². The number of benzene rings is 4. The Labute approximate surface area is 331 Å². The van der Waals surface area contributed by atoms with Crippen LogP contribution in [0.2, 0.25) is 0 Å². The van der Waals surface area contributed by atoms with E-state index in [0.717, 1.165) is 42.5 Å². The topological polar surface area (TPSA) is 207 Å². The quantitative estimate of drug-likeness (QED) is 0.0313. The lowest BCUT2D eigenvalue weighted by atomic mass is 10.1. The second-order valence-corrected chi connectivity index (χ2v) is 15.7. The molecule has 0 aliphatic heterocycles. The van der Waals surface area contributed by atoms with Gasteiger partial charge in [-0.3, -0.25) is 0 Å². The average Bonchev–Trinajstić information content (AvgIpc) is 3.15. The third-order valence-corrected chi connectivity index (χ3v) is 10.7. The molecular weight excluding hydrogens is 817 g/mol. The van der Waals surface area contributed by atoms with E-state index < -0.39 is 67.1 Å². The molecule has 312 valence electrons. The van der Waals surface area contributed by atoms with E-state index in [0.29, 0.717) is 0 Å². The maximum atomic E-state index is 14.5. The molecule has 0 unspecified atom stereocenters. The van der Waals surface area contributed by atoms with E-state index in [1.165, 1.54) is 56.3 Å². The molecule has 0 amide bonds. The van der Waals surface area contributed by atoms with Crippen LogP contribution >= 0.6 is 0 Å². The van der Waals surface area contributed by atoms with Gasteiger partial charge in [0, 0.05) is 18.7 Å². The van der Waals surface area contributed by atoms with Crippen LogP contribution in [0.4, 0.5) is 17.6 Å². The van der Waals surface area contributed by atoms with Crippen molar-refractivity contribution in [2.45, 2.75) is 29.9 Å². The number of nitrogens with one attached hydrogen (secondary N) is 2. The van der Waals surface area contributed by atoms with Gasteiger partial charge in [0.2, 0.25) is 20.0 Å². The summed E-state index contributed by atoms with van der Waals surface area (Å²) in [5.74, 6) is -7.21. The van der Waals surface area contributed by atoms with Crippen LogP contribution in [0.5, 0.6) is 23.0 Å². The number of carboxylic acid groups (broad SMARTS) is 1. The first-order chi connectivity index (χ1) is 27.4. The van der Waals surface area contributed by atoms with Crippen molar-refractivity contribution in [2.24, 2.45) is 0 Å². The van der Waals surface area contributed by atoms with E-state index in [-0.39, 0.29) is 83.1 Å². The molecule has 0 saturated heterocycles. The Hall–Kier alpha value is -5.19. The molecule has 20 heteroatoms. The number of carboxylic acids is 1. The first-order valence-electron chi connectivity index (χ1n) is 17.0. The molecule has 0 heterocycles. The monoisotopic (exact) mass is 854 g/mol. The van der Waals surface area contributed by atoms with Crippen LogP contribution in [0.25, 0.3) is 12.2 Å². The fourth-order valence-electron chi connectivity index (χ4n) is 4.76. The summed E-state index contributed by atoms with van der Waals surface area (Å²) in [7, 11) is -7.99. The van der Waals surface area contributed by atoms with Crippen molar-refractivity contribution >= 4 is 38.2 Å². The molecule has 0 atom stereocenters. The largest absolute Gasteiger partial charge is 0.478 e. The molecule has 14 nitrogen and oxygen atoms in total. The predicted molar refractivity (Wildman–Crippen MR) is 201 cm³/mol. The Morgan fingerprint density at radius 3 is 1.34 bits per heavy atom. The van der Waals surface area contributed by atoms with Crippen molar-refractivity contribution in [1.82, 2.24) is 9.44 Å². The summed E-state index contributed by atoms with van der Waals surface area (Å²) in [5.41, 5.74) is -0.0778. The molecule has 4 aromatic rings. The van der Waals surface area contributed by atoms with Crippen molar-refractivity contribution in [3.63, 3.8) is 0 Å². The lowest BCUT2D eigenvalue weighted by molar-refractivity contribution is -0.132. The molecule has 0 aliphatic rings. The summed E-state index contributed by atoms with van der Waals surface area (Å²) >= 11 is 0. The van der Waals surface area contributed by atoms with Crippen LogP contribution in [0.15, 0.2) is 93.7 Å². The standard InChI is InChI=1S/C38H38F4N2O12S2/c1-23(37(45)46)17-25-19-31(39)35(32(40)20-25)55-27-3-7-29(8-4-27)57(49,50)43-11-13-53-15-16-54-14-12-44-58(51,52)30-9-5-28(6-10-30)56-36-33(41)21-26(22-34(36)42)18-24(2)38(47)48/h3-10,17-22,37,43-46H,11-16H2,1-2H3,(H,47,48)/b23-17+,24-18+. The summed E-state index contributed by atoms with van der Waals surface area (Å²) in [5, 5.41) is 27.2. The number of aliphatic carboxylic acids is 1. The van der Waals surface area contributed by atoms with E-state index in [4.69, 9.17) is 34.3 Å². The minimum atomic E-state index is -4.00. The van der Waals surface area contributed by atoms with E-state index in [1.807, 2.05) is 0 Å². The SMILES string of the molecule is C/C(=C\c1cc(F)c(Oc2ccc(S(=O)(=O)NCCOCCOCCNS(=O)(=O)c3ccc(Oc4c(F)cc(/C=C(\C)C(O)O)cc4F)cc3)cc2)c(F)c1)C(=O)O. The number of rotatable bonds is 21. The number of aliphatic hydroxyl groups excluding tert-OH is 1. The summed E-state index contributed by atoms with van der Waals surface area (Å²) < 4.78 is 135. The molecule has 0 aliphatic carbocycles. The van der Waals surface area contributed by atoms with Gasteiger partial charge in [-0.2, -0.15) is 0 Å².